The van der Waals surface area contributed by atoms with E-state index in [1.807, 2.05) is 24.3 Å². The van der Waals surface area contributed by atoms with Crippen molar-refractivity contribution < 1.29 is 14.3 Å². The summed E-state index contributed by atoms with van der Waals surface area (Å²) in [5, 5.41) is 11.8. The molecule has 1 saturated heterocycles. The fourth-order valence-corrected chi connectivity index (χ4v) is 3.91. The number of cyclic esters (lactones) is 1. The number of nitrogens with zero attached hydrogens (tertiary/aromatic N) is 2. The molecule has 1 aromatic carbocycles. The Bertz CT molecular complexity index is 793. The lowest BCUT2D eigenvalue weighted by Gasteiger charge is -2.14. The van der Waals surface area contributed by atoms with E-state index in [2.05, 4.69) is 17.5 Å². The van der Waals surface area contributed by atoms with E-state index in [1.54, 1.807) is 4.90 Å². The average molecular weight is 337 g/mol. The van der Waals surface area contributed by atoms with Gasteiger partial charge in [0, 0.05) is 18.5 Å². The molecular formula is C19H19N3O3. The maximum atomic E-state index is 12.1. The Morgan fingerprint density at radius 3 is 2.80 bits per heavy atom. The van der Waals surface area contributed by atoms with Gasteiger partial charge in [0.05, 0.1) is 25.1 Å². The van der Waals surface area contributed by atoms with Crippen LogP contribution in [0.2, 0.25) is 0 Å². The lowest BCUT2D eigenvalue weighted by atomic mass is 10.0. The quantitative estimate of drug-likeness (QED) is 0.914. The zero-order valence-corrected chi connectivity index (χ0v) is 13.9. The first kappa shape index (κ1) is 15.7. The summed E-state index contributed by atoms with van der Waals surface area (Å²) < 4.78 is 5.29. The molecule has 2 fully saturated rings. The van der Waals surface area contributed by atoms with E-state index in [0.29, 0.717) is 24.9 Å². The molecule has 1 saturated carbocycles. The SMILES string of the molecule is CC(=O)NC[C@H]1CN(c2ccc(C3=CCC4C(C#N)C34)cc2)C(=O)O1. The molecule has 0 bridgehead atoms. The molecule has 25 heavy (non-hydrogen) atoms. The molecular weight excluding hydrogens is 318 g/mol. The zero-order valence-electron chi connectivity index (χ0n) is 13.9. The predicted octanol–water partition coefficient (Wildman–Crippen LogP) is 2.32. The molecule has 2 amide bonds. The number of carbonyl (C=O) groups is 2. The Hall–Kier alpha value is -2.81. The van der Waals surface area contributed by atoms with Crippen LogP contribution in [0.5, 0.6) is 0 Å². The summed E-state index contributed by atoms with van der Waals surface area (Å²) in [5.41, 5.74) is 3.16. The lowest BCUT2D eigenvalue weighted by molar-refractivity contribution is -0.119. The minimum atomic E-state index is -0.394. The van der Waals surface area contributed by atoms with Gasteiger partial charge in [-0.05, 0) is 35.6 Å². The number of ether oxygens (including phenoxy) is 1. The molecule has 3 aliphatic rings. The third kappa shape index (κ3) is 2.76. The van der Waals surface area contributed by atoms with E-state index < -0.39 is 6.09 Å². The number of nitriles is 1. The highest BCUT2D eigenvalue weighted by Gasteiger charge is 2.54. The molecule has 4 rings (SSSR count). The van der Waals surface area contributed by atoms with Gasteiger partial charge in [0.25, 0.3) is 0 Å². The lowest BCUT2D eigenvalue weighted by Crippen LogP contribution is -2.33. The fraction of sp³-hybridized carbons (Fsp3) is 0.421. The maximum absolute atomic E-state index is 12.1. The van der Waals surface area contributed by atoms with Gasteiger partial charge in [-0.3, -0.25) is 9.69 Å². The van der Waals surface area contributed by atoms with Crippen LogP contribution in [-0.2, 0) is 9.53 Å². The highest BCUT2D eigenvalue weighted by atomic mass is 16.6. The summed E-state index contributed by atoms with van der Waals surface area (Å²) in [4.78, 5) is 24.6. The molecule has 1 N–H and O–H groups in total. The summed E-state index contributed by atoms with van der Waals surface area (Å²) in [6, 6.07) is 10.2. The number of carbonyl (C=O) groups excluding carboxylic acids is 2. The standard InChI is InChI=1S/C19H19N3O3/c1-11(23)21-9-14-10-22(19(24)25-14)13-4-2-12(3-5-13)15-6-7-16-17(8-20)18(15)16/h2-6,14,16-18H,7,9-10H2,1H3,(H,21,23)/t14-,16?,17?,18?/m0/s1. The van der Waals surface area contributed by atoms with Gasteiger partial charge in [0.1, 0.15) is 6.10 Å². The number of nitrogens with one attached hydrogen (secondary N) is 1. The summed E-state index contributed by atoms with van der Waals surface area (Å²) >= 11 is 0. The topological polar surface area (TPSA) is 82.4 Å². The van der Waals surface area contributed by atoms with Crippen LogP contribution in [0.25, 0.3) is 5.57 Å². The summed E-state index contributed by atoms with van der Waals surface area (Å²) in [7, 11) is 0. The van der Waals surface area contributed by atoms with Crippen molar-refractivity contribution in [3.8, 4) is 6.07 Å². The molecule has 128 valence electrons. The average Bonchev–Trinajstić information content (AvgIpc) is 2.93. The van der Waals surface area contributed by atoms with Gasteiger partial charge in [-0.2, -0.15) is 5.26 Å². The Kier molecular flexibility index (Phi) is 3.72. The first-order valence-corrected chi connectivity index (χ1v) is 8.51. The number of amides is 2. The highest BCUT2D eigenvalue weighted by molar-refractivity contribution is 5.90. The summed E-state index contributed by atoms with van der Waals surface area (Å²) in [5.74, 6) is 0.915. The number of rotatable bonds is 4. The van der Waals surface area contributed by atoms with Crippen molar-refractivity contribution in [2.45, 2.75) is 19.4 Å². The van der Waals surface area contributed by atoms with E-state index in [4.69, 9.17) is 10.00 Å². The first-order valence-electron chi connectivity index (χ1n) is 8.51. The molecule has 1 aliphatic heterocycles. The Balaban J connectivity index is 1.43. The number of fused-ring (bicyclic) bond motifs is 1. The number of hydrogen-bond donors (Lipinski definition) is 1. The van der Waals surface area contributed by atoms with Crippen molar-refractivity contribution in [2.75, 3.05) is 18.0 Å². The van der Waals surface area contributed by atoms with Gasteiger partial charge in [-0.15, -0.1) is 0 Å². The van der Waals surface area contributed by atoms with Crippen molar-refractivity contribution in [3.05, 3.63) is 35.9 Å². The van der Waals surface area contributed by atoms with Gasteiger partial charge in [0.15, 0.2) is 0 Å². The van der Waals surface area contributed by atoms with Gasteiger partial charge in [-0.1, -0.05) is 18.2 Å². The molecule has 2 aliphatic carbocycles. The second-order valence-electron chi connectivity index (χ2n) is 6.84. The molecule has 4 atom stereocenters. The molecule has 0 spiro atoms. The number of benzene rings is 1. The Labute approximate surface area is 146 Å². The van der Waals surface area contributed by atoms with Crippen LogP contribution in [0.4, 0.5) is 10.5 Å². The van der Waals surface area contributed by atoms with Gasteiger partial charge in [0.2, 0.25) is 5.91 Å². The van der Waals surface area contributed by atoms with E-state index >= 15 is 0 Å². The van der Waals surface area contributed by atoms with Crippen LogP contribution >= 0.6 is 0 Å². The second kappa shape index (κ2) is 5.92. The fourth-order valence-electron chi connectivity index (χ4n) is 3.91. The Morgan fingerprint density at radius 1 is 1.40 bits per heavy atom. The van der Waals surface area contributed by atoms with Crippen LogP contribution in [-0.4, -0.2) is 31.2 Å². The normalized spacial score (nSPS) is 29.5. The van der Waals surface area contributed by atoms with Gasteiger partial charge < -0.3 is 10.1 Å². The molecule has 1 aromatic rings. The van der Waals surface area contributed by atoms with E-state index in [-0.39, 0.29) is 17.9 Å². The molecule has 3 unspecified atom stereocenters. The molecule has 6 nitrogen and oxygen atoms in total. The van der Waals surface area contributed by atoms with E-state index in [9.17, 15) is 9.59 Å². The molecule has 6 heteroatoms. The smallest absolute Gasteiger partial charge is 0.414 e. The van der Waals surface area contributed by atoms with Crippen molar-refractivity contribution in [2.24, 2.45) is 17.8 Å². The first-order chi connectivity index (χ1) is 12.1. The van der Waals surface area contributed by atoms with Crippen molar-refractivity contribution in [1.29, 1.82) is 5.26 Å². The van der Waals surface area contributed by atoms with E-state index in [1.165, 1.54) is 12.5 Å². The largest absolute Gasteiger partial charge is 0.442 e. The highest BCUT2D eigenvalue weighted by Crippen LogP contribution is 2.60. The number of hydrogen-bond acceptors (Lipinski definition) is 4. The van der Waals surface area contributed by atoms with Crippen molar-refractivity contribution in [3.63, 3.8) is 0 Å². The van der Waals surface area contributed by atoms with Crippen LogP contribution < -0.4 is 10.2 Å². The van der Waals surface area contributed by atoms with Crippen molar-refractivity contribution in [1.82, 2.24) is 5.32 Å². The van der Waals surface area contributed by atoms with Crippen LogP contribution in [0, 0.1) is 29.1 Å². The van der Waals surface area contributed by atoms with Crippen LogP contribution in [0.1, 0.15) is 18.9 Å². The third-order valence-electron chi connectivity index (χ3n) is 5.25. The molecule has 0 radical (unpaired) electrons. The zero-order chi connectivity index (χ0) is 17.6. The van der Waals surface area contributed by atoms with Crippen LogP contribution in [0.15, 0.2) is 30.3 Å². The minimum absolute atomic E-state index is 0.141. The molecule has 0 aromatic heterocycles. The van der Waals surface area contributed by atoms with Gasteiger partial charge in [-0.25, -0.2) is 4.79 Å². The van der Waals surface area contributed by atoms with Crippen molar-refractivity contribution >= 4 is 23.3 Å². The third-order valence-corrected chi connectivity index (χ3v) is 5.25. The van der Waals surface area contributed by atoms with Crippen LogP contribution in [0.3, 0.4) is 0 Å². The van der Waals surface area contributed by atoms with E-state index in [0.717, 1.165) is 17.7 Å². The number of allylic oxidation sites excluding steroid dienone is 2. The second-order valence-corrected chi connectivity index (χ2v) is 6.84. The maximum Gasteiger partial charge on any atom is 0.414 e. The monoisotopic (exact) mass is 337 g/mol. The summed E-state index contributed by atoms with van der Waals surface area (Å²) in [6.45, 7) is 2.18. The number of anilines is 1. The summed E-state index contributed by atoms with van der Waals surface area (Å²) in [6.07, 6.45) is 2.49. The Morgan fingerprint density at radius 2 is 2.16 bits per heavy atom. The molecule has 1 heterocycles. The minimum Gasteiger partial charge on any atom is -0.442 e. The predicted molar refractivity (Wildman–Crippen MR) is 91.4 cm³/mol. The van der Waals surface area contributed by atoms with Gasteiger partial charge >= 0.3 is 6.09 Å².